The predicted molar refractivity (Wildman–Crippen MR) is 56.9 cm³/mol. The third-order valence-corrected chi connectivity index (χ3v) is 2.50. The Morgan fingerprint density at radius 1 is 1.44 bits per heavy atom. The Morgan fingerprint density at radius 2 is 2.19 bits per heavy atom. The van der Waals surface area contributed by atoms with Gasteiger partial charge in [0.05, 0.1) is 12.6 Å². The van der Waals surface area contributed by atoms with Crippen LogP contribution in [0.4, 0.5) is 0 Å². The van der Waals surface area contributed by atoms with E-state index in [2.05, 4.69) is 5.32 Å². The fraction of sp³-hybridized carbons (Fsp3) is 0.800. The number of aliphatic hydroxyl groups is 1. The van der Waals surface area contributed by atoms with Crippen molar-refractivity contribution in [1.29, 1.82) is 0 Å². The molecule has 92 valence electrons. The summed E-state index contributed by atoms with van der Waals surface area (Å²) in [6, 6.07) is 0. The van der Waals surface area contributed by atoms with Crippen LogP contribution < -0.4 is 5.32 Å². The van der Waals surface area contributed by atoms with E-state index < -0.39 is 5.97 Å². The molecule has 0 aromatic carbocycles. The van der Waals surface area contributed by atoms with Crippen LogP contribution in [-0.4, -0.2) is 59.3 Å². The summed E-state index contributed by atoms with van der Waals surface area (Å²) in [5.41, 5.74) is 0. The molecule has 0 aliphatic carbocycles. The lowest BCUT2D eigenvalue weighted by atomic mass is 10.3. The Hall–Kier alpha value is -1.14. The van der Waals surface area contributed by atoms with E-state index in [-0.39, 0.29) is 25.0 Å². The van der Waals surface area contributed by atoms with Gasteiger partial charge in [-0.05, 0) is 12.8 Å². The van der Waals surface area contributed by atoms with E-state index in [1.807, 2.05) is 4.90 Å². The number of hydrogen-bond acceptors (Lipinski definition) is 4. The second kappa shape index (κ2) is 6.44. The average Bonchev–Trinajstić information content (AvgIpc) is 2.58. The van der Waals surface area contributed by atoms with Crippen LogP contribution >= 0.6 is 0 Å². The van der Waals surface area contributed by atoms with E-state index in [1.165, 1.54) is 0 Å². The molecular weight excluding hydrogens is 212 g/mol. The van der Waals surface area contributed by atoms with Crippen molar-refractivity contribution in [2.24, 2.45) is 0 Å². The molecule has 1 fully saturated rings. The second-order valence-corrected chi connectivity index (χ2v) is 4.02. The zero-order valence-corrected chi connectivity index (χ0v) is 9.19. The van der Waals surface area contributed by atoms with E-state index in [9.17, 15) is 14.7 Å². The molecule has 3 N–H and O–H groups in total. The van der Waals surface area contributed by atoms with Gasteiger partial charge in [0.25, 0.3) is 0 Å². The van der Waals surface area contributed by atoms with E-state index in [1.54, 1.807) is 0 Å². The molecule has 0 radical (unpaired) electrons. The molecule has 0 bridgehead atoms. The molecule has 16 heavy (non-hydrogen) atoms. The fourth-order valence-corrected chi connectivity index (χ4v) is 1.68. The van der Waals surface area contributed by atoms with Gasteiger partial charge in [-0.25, -0.2) is 0 Å². The summed E-state index contributed by atoms with van der Waals surface area (Å²) < 4.78 is 0. The Kier molecular flexibility index (Phi) is 5.21. The van der Waals surface area contributed by atoms with Crippen molar-refractivity contribution < 1.29 is 19.8 Å². The van der Waals surface area contributed by atoms with Crippen LogP contribution in [0.2, 0.25) is 0 Å². The topological polar surface area (TPSA) is 89.9 Å². The highest BCUT2D eigenvalue weighted by Gasteiger charge is 2.21. The minimum Gasteiger partial charge on any atom is -0.481 e. The number of hydrogen-bond donors (Lipinski definition) is 3. The van der Waals surface area contributed by atoms with E-state index >= 15 is 0 Å². The standard InChI is InChI=1S/C10H18N2O4/c13-8-3-5-12(6-8)7-9(14)11-4-1-2-10(15)16/h8,13H,1-7H2,(H,11,14)(H,15,16)/t8-/m1/s1. The number of aliphatic hydroxyl groups excluding tert-OH is 1. The molecule has 6 heteroatoms. The number of nitrogens with zero attached hydrogens (tertiary/aromatic N) is 1. The van der Waals surface area contributed by atoms with Gasteiger partial charge in [0.15, 0.2) is 0 Å². The van der Waals surface area contributed by atoms with Crippen molar-refractivity contribution in [2.45, 2.75) is 25.4 Å². The van der Waals surface area contributed by atoms with Crippen molar-refractivity contribution in [3.8, 4) is 0 Å². The lowest BCUT2D eigenvalue weighted by Gasteiger charge is -2.14. The molecule has 1 saturated heterocycles. The largest absolute Gasteiger partial charge is 0.481 e. The van der Waals surface area contributed by atoms with Gasteiger partial charge in [-0.15, -0.1) is 0 Å². The van der Waals surface area contributed by atoms with Crippen molar-refractivity contribution in [3.05, 3.63) is 0 Å². The van der Waals surface area contributed by atoms with Crippen molar-refractivity contribution in [3.63, 3.8) is 0 Å². The number of carbonyl (C=O) groups is 2. The van der Waals surface area contributed by atoms with Crippen LogP contribution in [0.5, 0.6) is 0 Å². The zero-order chi connectivity index (χ0) is 12.0. The SMILES string of the molecule is O=C(O)CCCNC(=O)CN1CC[C@@H](O)C1. The summed E-state index contributed by atoms with van der Waals surface area (Å²) >= 11 is 0. The maximum absolute atomic E-state index is 11.4. The molecule has 6 nitrogen and oxygen atoms in total. The predicted octanol–water partition coefficient (Wildman–Crippen LogP) is -0.966. The van der Waals surface area contributed by atoms with E-state index in [0.717, 1.165) is 6.54 Å². The van der Waals surface area contributed by atoms with Gasteiger partial charge in [0.1, 0.15) is 0 Å². The third kappa shape index (κ3) is 5.09. The molecule has 1 aliphatic heterocycles. The van der Waals surface area contributed by atoms with Crippen LogP contribution in [-0.2, 0) is 9.59 Å². The molecule has 1 atom stereocenters. The lowest BCUT2D eigenvalue weighted by molar-refractivity contribution is -0.137. The Morgan fingerprint density at radius 3 is 2.75 bits per heavy atom. The number of likely N-dealkylation sites (tertiary alicyclic amines) is 1. The molecule has 0 spiro atoms. The van der Waals surface area contributed by atoms with E-state index in [4.69, 9.17) is 5.11 Å². The maximum Gasteiger partial charge on any atom is 0.303 e. The van der Waals surface area contributed by atoms with Crippen LogP contribution in [0.1, 0.15) is 19.3 Å². The van der Waals surface area contributed by atoms with Gasteiger partial charge in [-0.2, -0.15) is 0 Å². The number of rotatable bonds is 6. The summed E-state index contributed by atoms with van der Waals surface area (Å²) in [5, 5.41) is 20.3. The summed E-state index contributed by atoms with van der Waals surface area (Å²) in [5.74, 6) is -0.962. The zero-order valence-electron chi connectivity index (χ0n) is 9.19. The summed E-state index contributed by atoms with van der Waals surface area (Å²) in [4.78, 5) is 23.5. The number of carbonyl (C=O) groups excluding carboxylic acids is 1. The normalized spacial score (nSPS) is 20.9. The number of aliphatic carboxylic acids is 1. The average molecular weight is 230 g/mol. The fourth-order valence-electron chi connectivity index (χ4n) is 1.68. The third-order valence-electron chi connectivity index (χ3n) is 2.50. The highest BCUT2D eigenvalue weighted by Crippen LogP contribution is 2.07. The van der Waals surface area contributed by atoms with Crippen LogP contribution in [0.25, 0.3) is 0 Å². The van der Waals surface area contributed by atoms with Crippen LogP contribution in [0, 0.1) is 0 Å². The van der Waals surface area contributed by atoms with Gasteiger partial charge in [0, 0.05) is 26.1 Å². The van der Waals surface area contributed by atoms with Crippen molar-refractivity contribution >= 4 is 11.9 Å². The summed E-state index contributed by atoms with van der Waals surface area (Å²) in [7, 11) is 0. The highest BCUT2D eigenvalue weighted by atomic mass is 16.4. The molecular formula is C10H18N2O4. The molecule has 0 aromatic rings. The quantitative estimate of drug-likeness (QED) is 0.511. The van der Waals surface area contributed by atoms with Crippen molar-refractivity contribution in [2.75, 3.05) is 26.2 Å². The molecule has 0 saturated carbocycles. The molecule has 0 unspecified atom stereocenters. The number of β-amino-alcohol motifs (C(OH)–C–C–N with tert-alkyl or cyclic N) is 1. The molecule has 1 amide bonds. The molecule has 1 aliphatic rings. The summed E-state index contributed by atoms with van der Waals surface area (Å²) in [6.07, 6.45) is 0.915. The number of amides is 1. The van der Waals surface area contributed by atoms with E-state index in [0.29, 0.717) is 25.9 Å². The van der Waals surface area contributed by atoms with Gasteiger partial charge in [-0.3, -0.25) is 14.5 Å². The maximum atomic E-state index is 11.4. The van der Waals surface area contributed by atoms with Gasteiger partial charge in [0.2, 0.25) is 5.91 Å². The molecule has 1 heterocycles. The van der Waals surface area contributed by atoms with Gasteiger partial charge in [-0.1, -0.05) is 0 Å². The number of nitrogens with one attached hydrogen (secondary N) is 1. The van der Waals surface area contributed by atoms with Gasteiger partial charge < -0.3 is 15.5 Å². The molecule has 1 rings (SSSR count). The summed E-state index contributed by atoms with van der Waals surface area (Å²) in [6.45, 7) is 1.96. The monoisotopic (exact) mass is 230 g/mol. The van der Waals surface area contributed by atoms with Crippen LogP contribution in [0.15, 0.2) is 0 Å². The van der Waals surface area contributed by atoms with Crippen LogP contribution in [0.3, 0.4) is 0 Å². The first-order chi connectivity index (χ1) is 7.58. The second-order valence-electron chi connectivity index (χ2n) is 4.02. The highest BCUT2D eigenvalue weighted by molar-refractivity contribution is 5.78. The smallest absolute Gasteiger partial charge is 0.303 e. The number of carboxylic acids is 1. The minimum atomic E-state index is -0.850. The number of carboxylic acid groups (broad SMARTS) is 1. The lowest BCUT2D eigenvalue weighted by Crippen LogP contribution is -2.36. The first kappa shape index (κ1) is 12.9. The van der Waals surface area contributed by atoms with Crippen molar-refractivity contribution in [1.82, 2.24) is 10.2 Å². The first-order valence-electron chi connectivity index (χ1n) is 5.47. The Balaban J connectivity index is 2.05. The molecule has 0 aromatic heterocycles. The minimum absolute atomic E-state index is 0.0721. The Labute approximate surface area is 94.2 Å². The van der Waals surface area contributed by atoms with Gasteiger partial charge >= 0.3 is 5.97 Å². The first-order valence-corrected chi connectivity index (χ1v) is 5.47. The Bertz CT molecular complexity index is 257.